The highest BCUT2D eigenvalue weighted by molar-refractivity contribution is 5.93. The van der Waals surface area contributed by atoms with Gasteiger partial charge in [-0.25, -0.2) is 0 Å². The standard InChI is InChI=1S/C21H28N2O3/c1-4-25-20-13-8-6-11-18(20)22-21(24)16-23(3)14-9-15-26-19-12-7-5-10-17(19)2/h5-8,10-13H,4,9,14-16H2,1-3H3,(H,22,24). The van der Waals surface area contributed by atoms with E-state index < -0.39 is 0 Å². The first-order valence-corrected chi connectivity index (χ1v) is 8.98. The van der Waals surface area contributed by atoms with E-state index in [1.165, 1.54) is 0 Å². The van der Waals surface area contributed by atoms with Crippen LogP contribution in [0.2, 0.25) is 0 Å². The molecule has 0 saturated carbocycles. The predicted octanol–water partition coefficient (Wildman–Crippen LogP) is 3.73. The summed E-state index contributed by atoms with van der Waals surface area (Å²) in [5, 5.41) is 2.91. The molecule has 26 heavy (non-hydrogen) atoms. The van der Waals surface area contributed by atoms with E-state index in [0.717, 1.165) is 24.3 Å². The van der Waals surface area contributed by atoms with Gasteiger partial charge in [0, 0.05) is 6.54 Å². The van der Waals surface area contributed by atoms with E-state index in [-0.39, 0.29) is 5.91 Å². The van der Waals surface area contributed by atoms with Crippen molar-refractivity contribution < 1.29 is 14.3 Å². The van der Waals surface area contributed by atoms with Gasteiger partial charge in [-0.2, -0.15) is 0 Å². The maximum atomic E-state index is 12.2. The quantitative estimate of drug-likeness (QED) is 0.659. The van der Waals surface area contributed by atoms with Crippen LogP contribution in [0.1, 0.15) is 18.9 Å². The van der Waals surface area contributed by atoms with Crippen molar-refractivity contribution in [2.24, 2.45) is 0 Å². The molecule has 0 unspecified atom stereocenters. The lowest BCUT2D eigenvalue weighted by molar-refractivity contribution is -0.117. The molecule has 0 fully saturated rings. The molecule has 0 atom stereocenters. The Balaban J connectivity index is 1.71. The Morgan fingerprint density at radius 2 is 1.73 bits per heavy atom. The van der Waals surface area contributed by atoms with Gasteiger partial charge >= 0.3 is 0 Å². The SMILES string of the molecule is CCOc1ccccc1NC(=O)CN(C)CCCOc1ccccc1C. The highest BCUT2D eigenvalue weighted by Gasteiger charge is 2.10. The maximum Gasteiger partial charge on any atom is 0.238 e. The van der Waals surface area contributed by atoms with Gasteiger partial charge in [0.1, 0.15) is 11.5 Å². The number of hydrogen-bond acceptors (Lipinski definition) is 4. The first kappa shape index (κ1) is 19.8. The molecule has 0 spiro atoms. The Kier molecular flexibility index (Phi) is 7.96. The van der Waals surface area contributed by atoms with Gasteiger partial charge in [-0.05, 0) is 51.1 Å². The summed E-state index contributed by atoms with van der Waals surface area (Å²) in [6, 6.07) is 15.4. The third-order valence-corrected chi connectivity index (χ3v) is 3.91. The summed E-state index contributed by atoms with van der Waals surface area (Å²) in [4.78, 5) is 14.2. The molecule has 2 aromatic carbocycles. The van der Waals surface area contributed by atoms with Crippen LogP contribution in [0.15, 0.2) is 48.5 Å². The van der Waals surface area contributed by atoms with Crippen molar-refractivity contribution >= 4 is 11.6 Å². The zero-order chi connectivity index (χ0) is 18.8. The Morgan fingerprint density at radius 1 is 1.04 bits per heavy atom. The van der Waals surface area contributed by atoms with Gasteiger partial charge in [-0.15, -0.1) is 0 Å². The van der Waals surface area contributed by atoms with Gasteiger partial charge in [0.05, 0.1) is 25.4 Å². The maximum absolute atomic E-state index is 12.2. The van der Waals surface area contributed by atoms with Crippen LogP contribution < -0.4 is 14.8 Å². The van der Waals surface area contributed by atoms with Crippen LogP contribution in [0, 0.1) is 6.92 Å². The summed E-state index contributed by atoms with van der Waals surface area (Å²) in [5.74, 6) is 1.55. The first-order valence-electron chi connectivity index (χ1n) is 8.98. The minimum atomic E-state index is -0.0560. The Morgan fingerprint density at radius 3 is 2.46 bits per heavy atom. The number of nitrogens with one attached hydrogen (secondary N) is 1. The summed E-state index contributed by atoms with van der Waals surface area (Å²) in [7, 11) is 1.93. The molecule has 0 heterocycles. The van der Waals surface area contributed by atoms with Crippen LogP contribution in [0.3, 0.4) is 0 Å². The Labute approximate surface area is 155 Å². The third kappa shape index (κ3) is 6.41. The van der Waals surface area contributed by atoms with Crippen molar-refractivity contribution in [2.45, 2.75) is 20.3 Å². The lowest BCUT2D eigenvalue weighted by atomic mass is 10.2. The number of rotatable bonds is 10. The third-order valence-electron chi connectivity index (χ3n) is 3.91. The van der Waals surface area contributed by atoms with Crippen LogP contribution >= 0.6 is 0 Å². The number of aryl methyl sites for hydroxylation is 1. The number of para-hydroxylation sites is 3. The zero-order valence-corrected chi connectivity index (χ0v) is 15.8. The highest BCUT2D eigenvalue weighted by Crippen LogP contribution is 2.23. The van der Waals surface area contributed by atoms with E-state index in [4.69, 9.17) is 9.47 Å². The Hall–Kier alpha value is -2.53. The van der Waals surface area contributed by atoms with Crippen molar-refractivity contribution in [3.63, 3.8) is 0 Å². The Bertz CT molecular complexity index is 703. The number of likely N-dealkylation sites (N-methyl/N-ethyl adjacent to an activating group) is 1. The molecule has 5 nitrogen and oxygen atoms in total. The smallest absolute Gasteiger partial charge is 0.238 e. The van der Waals surface area contributed by atoms with E-state index in [1.807, 2.05) is 74.3 Å². The topological polar surface area (TPSA) is 50.8 Å². The second kappa shape index (κ2) is 10.5. The number of carbonyl (C=O) groups excluding carboxylic acids is 1. The molecule has 2 aromatic rings. The number of amides is 1. The average Bonchev–Trinajstić information content (AvgIpc) is 2.62. The molecule has 1 amide bonds. The van der Waals surface area contributed by atoms with E-state index in [1.54, 1.807) is 0 Å². The molecule has 0 aliphatic carbocycles. The van der Waals surface area contributed by atoms with Crippen molar-refractivity contribution in [1.29, 1.82) is 0 Å². The number of nitrogens with zero attached hydrogens (tertiary/aromatic N) is 1. The molecular formula is C21H28N2O3. The second-order valence-corrected chi connectivity index (χ2v) is 6.18. The summed E-state index contributed by atoms with van der Waals surface area (Å²) < 4.78 is 11.3. The number of anilines is 1. The van der Waals surface area contributed by atoms with E-state index >= 15 is 0 Å². The molecule has 0 bridgehead atoms. The van der Waals surface area contributed by atoms with Crippen LogP contribution in [-0.2, 0) is 4.79 Å². The molecule has 0 saturated heterocycles. The summed E-state index contributed by atoms with van der Waals surface area (Å²) in [5.41, 5.74) is 1.84. The summed E-state index contributed by atoms with van der Waals surface area (Å²) in [6.07, 6.45) is 0.855. The monoisotopic (exact) mass is 356 g/mol. The molecule has 0 aliphatic rings. The first-order chi connectivity index (χ1) is 12.6. The van der Waals surface area contributed by atoms with Crippen LogP contribution in [0.4, 0.5) is 5.69 Å². The lowest BCUT2D eigenvalue weighted by Gasteiger charge is -2.17. The fraction of sp³-hybridized carbons (Fsp3) is 0.381. The van der Waals surface area contributed by atoms with E-state index in [9.17, 15) is 4.79 Å². The number of ether oxygens (including phenoxy) is 2. The minimum Gasteiger partial charge on any atom is -0.493 e. The largest absolute Gasteiger partial charge is 0.493 e. The van der Waals surface area contributed by atoms with E-state index in [2.05, 4.69) is 5.32 Å². The predicted molar refractivity (Wildman–Crippen MR) is 105 cm³/mol. The fourth-order valence-corrected chi connectivity index (χ4v) is 2.60. The molecule has 0 radical (unpaired) electrons. The molecular weight excluding hydrogens is 328 g/mol. The van der Waals surface area contributed by atoms with Crippen molar-refractivity contribution in [2.75, 3.05) is 38.7 Å². The van der Waals surface area contributed by atoms with Gasteiger partial charge in [-0.1, -0.05) is 30.3 Å². The van der Waals surface area contributed by atoms with Gasteiger partial charge in [0.2, 0.25) is 5.91 Å². The van der Waals surface area contributed by atoms with Gasteiger partial charge in [-0.3, -0.25) is 9.69 Å². The zero-order valence-electron chi connectivity index (χ0n) is 15.8. The fourth-order valence-electron chi connectivity index (χ4n) is 2.60. The van der Waals surface area contributed by atoms with Gasteiger partial charge < -0.3 is 14.8 Å². The van der Waals surface area contributed by atoms with Crippen LogP contribution in [0.5, 0.6) is 11.5 Å². The van der Waals surface area contributed by atoms with Gasteiger partial charge in [0.25, 0.3) is 0 Å². The lowest BCUT2D eigenvalue weighted by Crippen LogP contribution is -2.31. The van der Waals surface area contributed by atoms with Crippen molar-refractivity contribution in [1.82, 2.24) is 4.90 Å². The molecule has 1 N–H and O–H groups in total. The molecule has 140 valence electrons. The normalized spacial score (nSPS) is 10.6. The molecule has 0 aromatic heterocycles. The van der Waals surface area contributed by atoms with E-state index in [0.29, 0.717) is 31.2 Å². The number of carbonyl (C=O) groups is 1. The van der Waals surface area contributed by atoms with Gasteiger partial charge in [0.15, 0.2) is 0 Å². The second-order valence-electron chi connectivity index (χ2n) is 6.18. The highest BCUT2D eigenvalue weighted by atomic mass is 16.5. The molecule has 0 aliphatic heterocycles. The summed E-state index contributed by atoms with van der Waals surface area (Å²) >= 11 is 0. The minimum absolute atomic E-state index is 0.0560. The number of benzene rings is 2. The number of hydrogen-bond donors (Lipinski definition) is 1. The van der Waals surface area contributed by atoms with Crippen molar-refractivity contribution in [3.8, 4) is 11.5 Å². The summed E-state index contributed by atoms with van der Waals surface area (Å²) in [6.45, 7) is 6.26. The average molecular weight is 356 g/mol. The molecule has 2 rings (SSSR count). The van der Waals surface area contributed by atoms with Crippen LogP contribution in [-0.4, -0.2) is 44.2 Å². The molecule has 5 heteroatoms. The van der Waals surface area contributed by atoms with Crippen LogP contribution in [0.25, 0.3) is 0 Å². The van der Waals surface area contributed by atoms with Crippen molar-refractivity contribution in [3.05, 3.63) is 54.1 Å².